The maximum atomic E-state index is 12.7. The van der Waals surface area contributed by atoms with Crippen LogP contribution in [0.25, 0.3) is 0 Å². The summed E-state index contributed by atoms with van der Waals surface area (Å²) in [6.45, 7) is 6.81. The van der Waals surface area contributed by atoms with Gasteiger partial charge in [-0.25, -0.2) is 4.68 Å². The number of nitrogens with zero attached hydrogens (tertiary/aromatic N) is 6. The van der Waals surface area contributed by atoms with Crippen molar-refractivity contribution in [1.29, 1.82) is 0 Å². The predicted molar refractivity (Wildman–Crippen MR) is 72.1 cm³/mol. The minimum atomic E-state index is 0.0722. The maximum Gasteiger partial charge on any atom is 0.241 e. The van der Waals surface area contributed by atoms with Gasteiger partial charge in [-0.2, -0.15) is 0 Å². The largest absolute Gasteiger partial charge is 0.337 e. The third-order valence-electron chi connectivity index (χ3n) is 4.77. The summed E-state index contributed by atoms with van der Waals surface area (Å²) in [7, 11) is 0. The van der Waals surface area contributed by atoms with E-state index in [9.17, 15) is 4.79 Å². The van der Waals surface area contributed by atoms with E-state index >= 15 is 0 Å². The molecule has 0 spiro atoms. The van der Waals surface area contributed by atoms with Crippen molar-refractivity contribution in [3.8, 4) is 0 Å². The fourth-order valence-corrected chi connectivity index (χ4v) is 3.50. The first-order valence-electron chi connectivity index (χ1n) is 7.42. The molecule has 0 N–H and O–H groups in total. The van der Waals surface area contributed by atoms with Crippen molar-refractivity contribution in [2.24, 2.45) is 0 Å². The van der Waals surface area contributed by atoms with E-state index in [4.69, 9.17) is 0 Å². The molecule has 7 nitrogen and oxygen atoms in total. The van der Waals surface area contributed by atoms with Gasteiger partial charge in [-0.3, -0.25) is 14.6 Å². The number of hydrogen-bond donors (Lipinski definition) is 0. The summed E-state index contributed by atoms with van der Waals surface area (Å²) < 4.78 is 1.85. The number of fused-ring (bicyclic) bond motifs is 4. The minimum absolute atomic E-state index is 0.0722. The van der Waals surface area contributed by atoms with E-state index in [1.54, 1.807) is 6.20 Å². The van der Waals surface area contributed by atoms with Gasteiger partial charge in [0, 0.05) is 45.5 Å². The Labute approximate surface area is 118 Å². The Hall–Kier alpha value is -1.47. The van der Waals surface area contributed by atoms with Crippen LogP contribution < -0.4 is 0 Å². The number of likely N-dealkylation sites (tertiary alicyclic amines) is 1. The lowest BCUT2D eigenvalue weighted by Crippen LogP contribution is -2.61. The van der Waals surface area contributed by atoms with E-state index < -0.39 is 0 Å². The normalized spacial score (nSPS) is 33.8. The number of carbonyl (C=O) groups is 1. The van der Waals surface area contributed by atoms with Gasteiger partial charge >= 0.3 is 0 Å². The van der Waals surface area contributed by atoms with Crippen molar-refractivity contribution in [2.45, 2.75) is 18.5 Å². The first kappa shape index (κ1) is 12.3. The van der Waals surface area contributed by atoms with Crippen LogP contribution in [-0.4, -0.2) is 87.5 Å². The lowest BCUT2D eigenvalue weighted by atomic mass is 10.1. The summed E-state index contributed by atoms with van der Waals surface area (Å²) in [6.07, 6.45) is 4.74. The number of rotatable bonds is 2. The molecule has 1 aromatic heterocycles. The molecule has 5 heterocycles. The standard InChI is InChI=1S/C13H20N6O/c20-13(12-10-16-3-1-4-17(12)7-6-16)18-8-11(9-18)19-5-2-14-15-19/h2,5,11-12H,1,3-4,6-10H2. The van der Waals surface area contributed by atoms with E-state index in [2.05, 4.69) is 20.1 Å². The van der Waals surface area contributed by atoms with Crippen LogP contribution in [-0.2, 0) is 4.79 Å². The van der Waals surface area contributed by atoms with E-state index in [-0.39, 0.29) is 6.04 Å². The molecule has 20 heavy (non-hydrogen) atoms. The van der Waals surface area contributed by atoms with Gasteiger partial charge < -0.3 is 4.90 Å². The van der Waals surface area contributed by atoms with Crippen LogP contribution in [0.1, 0.15) is 12.5 Å². The van der Waals surface area contributed by atoms with E-state index in [1.807, 2.05) is 15.8 Å². The molecule has 4 saturated heterocycles. The SMILES string of the molecule is O=C(C1CN2CCCN1CC2)N1CC(n2ccnn2)C1. The summed E-state index contributed by atoms with van der Waals surface area (Å²) in [4.78, 5) is 19.4. The van der Waals surface area contributed by atoms with Gasteiger partial charge in [-0.1, -0.05) is 5.21 Å². The fraction of sp³-hybridized carbons (Fsp3) is 0.769. The van der Waals surface area contributed by atoms with Crippen molar-refractivity contribution in [3.05, 3.63) is 12.4 Å². The molecule has 5 rings (SSSR count). The highest BCUT2D eigenvalue weighted by Gasteiger charge is 2.41. The molecule has 1 amide bonds. The molecule has 0 radical (unpaired) electrons. The second-order valence-corrected chi connectivity index (χ2v) is 5.99. The summed E-state index contributed by atoms with van der Waals surface area (Å²) in [6, 6.07) is 0.377. The molecule has 1 aromatic rings. The topological polar surface area (TPSA) is 57.5 Å². The summed E-state index contributed by atoms with van der Waals surface area (Å²) in [5.74, 6) is 0.299. The number of hydrogen-bond acceptors (Lipinski definition) is 5. The van der Waals surface area contributed by atoms with Crippen LogP contribution in [0.4, 0.5) is 0 Å². The number of carbonyl (C=O) groups excluding carboxylic acids is 1. The van der Waals surface area contributed by atoms with Gasteiger partial charge in [-0.15, -0.1) is 5.10 Å². The fourth-order valence-electron chi connectivity index (χ4n) is 3.50. The first-order chi connectivity index (χ1) is 9.81. The molecule has 2 bridgehead atoms. The van der Waals surface area contributed by atoms with E-state index in [0.29, 0.717) is 11.9 Å². The maximum absolute atomic E-state index is 12.7. The Morgan fingerprint density at radius 3 is 2.80 bits per heavy atom. The van der Waals surface area contributed by atoms with Crippen LogP contribution in [0.15, 0.2) is 12.4 Å². The summed E-state index contributed by atoms with van der Waals surface area (Å²) in [5, 5.41) is 7.83. The zero-order valence-electron chi connectivity index (χ0n) is 11.6. The van der Waals surface area contributed by atoms with Crippen molar-refractivity contribution in [3.63, 3.8) is 0 Å². The van der Waals surface area contributed by atoms with Crippen molar-refractivity contribution >= 4 is 5.91 Å². The molecule has 4 aliphatic heterocycles. The average Bonchev–Trinajstić information content (AvgIpc) is 2.73. The van der Waals surface area contributed by atoms with Gasteiger partial charge in [0.25, 0.3) is 0 Å². The lowest BCUT2D eigenvalue weighted by molar-refractivity contribution is -0.144. The van der Waals surface area contributed by atoms with E-state index in [0.717, 1.165) is 45.8 Å². The van der Waals surface area contributed by atoms with Gasteiger partial charge in [0.05, 0.1) is 12.2 Å². The lowest BCUT2D eigenvalue weighted by Gasteiger charge is -2.44. The zero-order chi connectivity index (χ0) is 13.5. The molecule has 108 valence electrons. The Bertz CT molecular complexity index is 479. The minimum Gasteiger partial charge on any atom is -0.337 e. The molecule has 0 saturated carbocycles. The number of amides is 1. The molecule has 0 aromatic carbocycles. The smallest absolute Gasteiger partial charge is 0.241 e. The highest BCUT2D eigenvalue weighted by molar-refractivity contribution is 5.83. The third kappa shape index (κ3) is 2.01. The van der Waals surface area contributed by atoms with Crippen LogP contribution in [0, 0.1) is 0 Å². The highest BCUT2D eigenvalue weighted by Crippen LogP contribution is 2.24. The zero-order valence-corrected chi connectivity index (χ0v) is 11.6. The number of piperazine rings is 1. The molecule has 4 fully saturated rings. The Morgan fingerprint density at radius 1 is 1.10 bits per heavy atom. The number of aromatic nitrogens is 3. The van der Waals surface area contributed by atoms with Gasteiger partial charge in [0.1, 0.15) is 6.04 Å². The van der Waals surface area contributed by atoms with Crippen molar-refractivity contribution < 1.29 is 4.79 Å². The predicted octanol–water partition coefficient (Wildman–Crippen LogP) is -0.949. The van der Waals surface area contributed by atoms with Crippen LogP contribution >= 0.6 is 0 Å². The Morgan fingerprint density at radius 2 is 2.00 bits per heavy atom. The monoisotopic (exact) mass is 276 g/mol. The third-order valence-corrected chi connectivity index (χ3v) is 4.77. The second kappa shape index (κ2) is 4.82. The Kier molecular flexibility index (Phi) is 2.96. The molecule has 0 aliphatic carbocycles. The van der Waals surface area contributed by atoms with E-state index in [1.165, 1.54) is 6.42 Å². The van der Waals surface area contributed by atoms with Crippen LogP contribution in [0.3, 0.4) is 0 Å². The molecule has 7 heteroatoms. The van der Waals surface area contributed by atoms with Crippen LogP contribution in [0.5, 0.6) is 0 Å². The summed E-state index contributed by atoms with van der Waals surface area (Å²) >= 11 is 0. The Balaban J connectivity index is 1.39. The first-order valence-corrected chi connectivity index (χ1v) is 7.42. The summed E-state index contributed by atoms with van der Waals surface area (Å²) in [5.41, 5.74) is 0. The van der Waals surface area contributed by atoms with Gasteiger partial charge in [-0.05, 0) is 13.0 Å². The van der Waals surface area contributed by atoms with Gasteiger partial charge in [0.2, 0.25) is 5.91 Å². The highest BCUT2D eigenvalue weighted by atomic mass is 16.2. The van der Waals surface area contributed by atoms with Crippen LogP contribution in [0.2, 0.25) is 0 Å². The quantitative estimate of drug-likeness (QED) is 0.697. The molecule has 3 atom stereocenters. The second-order valence-electron chi connectivity index (χ2n) is 5.99. The molecular weight excluding hydrogens is 256 g/mol. The van der Waals surface area contributed by atoms with Crippen molar-refractivity contribution in [2.75, 3.05) is 45.8 Å². The molecular formula is C13H20N6O. The molecule has 3 unspecified atom stereocenters. The van der Waals surface area contributed by atoms with Crippen molar-refractivity contribution in [1.82, 2.24) is 29.7 Å². The molecule has 4 aliphatic rings. The average molecular weight is 276 g/mol. The van der Waals surface area contributed by atoms with Gasteiger partial charge in [0.15, 0.2) is 0 Å².